The smallest absolute Gasteiger partial charge is 0.262 e. The van der Waals surface area contributed by atoms with Crippen molar-refractivity contribution in [2.45, 2.75) is 0 Å². The predicted octanol–water partition coefficient (Wildman–Crippen LogP) is 5.86. The van der Waals surface area contributed by atoms with Crippen LogP contribution < -0.4 is 15.4 Å². The van der Waals surface area contributed by atoms with Crippen LogP contribution in [0.15, 0.2) is 77.3 Å². The summed E-state index contributed by atoms with van der Waals surface area (Å²) in [5.74, 6) is 0.322. The number of amides is 1. The van der Waals surface area contributed by atoms with Crippen LogP contribution in [0.5, 0.6) is 5.75 Å². The highest BCUT2D eigenvalue weighted by Gasteiger charge is 2.07. The van der Waals surface area contributed by atoms with Crippen LogP contribution in [0.3, 0.4) is 0 Å². The van der Waals surface area contributed by atoms with E-state index in [9.17, 15) is 4.79 Å². The van der Waals surface area contributed by atoms with Gasteiger partial charge in [-0.05, 0) is 70.5 Å². The summed E-state index contributed by atoms with van der Waals surface area (Å²) in [6.07, 6.45) is 0. The van der Waals surface area contributed by atoms with Crippen molar-refractivity contribution < 1.29 is 9.53 Å². The van der Waals surface area contributed by atoms with Gasteiger partial charge >= 0.3 is 0 Å². The molecule has 26 heavy (non-hydrogen) atoms. The predicted molar refractivity (Wildman–Crippen MR) is 109 cm³/mol. The lowest BCUT2D eigenvalue weighted by atomic mass is 10.2. The van der Waals surface area contributed by atoms with Gasteiger partial charge in [0, 0.05) is 22.1 Å². The Kier molecular flexibility index (Phi) is 6.15. The quantitative estimate of drug-likeness (QED) is 0.513. The summed E-state index contributed by atoms with van der Waals surface area (Å²) in [4.78, 5) is 12.0. The van der Waals surface area contributed by atoms with E-state index in [-0.39, 0.29) is 12.5 Å². The highest BCUT2D eigenvalue weighted by molar-refractivity contribution is 9.10. The van der Waals surface area contributed by atoms with Crippen LogP contribution in [0.2, 0.25) is 5.02 Å². The normalized spacial score (nSPS) is 10.2. The van der Waals surface area contributed by atoms with Crippen molar-refractivity contribution in [3.63, 3.8) is 0 Å². The fourth-order valence-corrected chi connectivity index (χ4v) is 3.05. The van der Waals surface area contributed by atoms with Crippen molar-refractivity contribution >= 4 is 50.5 Å². The molecule has 4 nitrogen and oxygen atoms in total. The molecule has 0 saturated carbocycles. The average Bonchev–Trinajstić information content (AvgIpc) is 2.63. The second-order valence-corrected chi connectivity index (χ2v) is 6.77. The molecule has 6 heteroatoms. The molecule has 3 aromatic carbocycles. The van der Waals surface area contributed by atoms with E-state index in [1.54, 1.807) is 18.2 Å². The molecular formula is C20H16BrClN2O2. The molecule has 0 aliphatic carbocycles. The monoisotopic (exact) mass is 430 g/mol. The summed E-state index contributed by atoms with van der Waals surface area (Å²) >= 11 is 9.23. The SMILES string of the molecule is O=C(COc1ccc(Cl)cc1Br)Nc1ccc(Nc2ccccc2)cc1. The van der Waals surface area contributed by atoms with Gasteiger partial charge in [-0.2, -0.15) is 0 Å². The molecule has 1 amide bonds. The number of halogens is 2. The molecule has 0 bridgehead atoms. The maximum atomic E-state index is 12.0. The largest absolute Gasteiger partial charge is 0.483 e. The highest BCUT2D eigenvalue weighted by atomic mass is 79.9. The van der Waals surface area contributed by atoms with E-state index in [0.717, 1.165) is 11.4 Å². The zero-order valence-corrected chi connectivity index (χ0v) is 16.0. The van der Waals surface area contributed by atoms with E-state index in [1.807, 2.05) is 54.6 Å². The number of rotatable bonds is 6. The summed E-state index contributed by atoms with van der Waals surface area (Å²) < 4.78 is 6.20. The van der Waals surface area contributed by atoms with Gasteiger partial charge in [0.1, 0.15) is 5.75 Å². The number of hydrogen-bond donors (Lipinski definition) is 2. The Hall–Kier alpha value is -2.50. The third-order valence-electron chi connectivity index (χ3n) is 3.48. The Balaban J connectivity index is 1.52. The van der Waals surface area contributed by atoms with Crippen molar-refractivity contribution in [2.24, 2.45) is 0 Å². The van der Waals surface area contributed by atoms with Crippen LogP contribution in [0, 0.1) is 0 Å². The van der Waals surface area contributed by atoms with Crippen molar-refractivity contribution in [1.82, 2.24) is 0 Å². The Labute approximate surface area is 165 Å². The molecule has 0 unspecified atom stereocenters. The molecule has 0 atom stereocenters. The average molecular weight is 432 g/mol. The number of benzene rings is 3. The zero-order valence-electron chi connectivity index (χ0n) is 13.7. The third kappa shape index (κ3) is 5.25. The molecular weight excluding hydrogens is 416 g/mol. The maximum Gasteiger partial charge on any atom is 0.262 e. The molecule has 0 saturated heterocycles. The van der Waals surface area contributed by atoms with Gasteiger partial charge in [-0.15, -0.1) is 0 Å². The number of ether oxygens (including phenoxy) is 1. The number of anilines is 3. The van der Waals surface area contributed by atoms with E-state index in [4.69, 9.17) is 16.3 Å². The van der Waals surface area contributed by atoms with Gasteiger partial charge in [-0.3, -0.25) is 4.79 Å². The summed E-state index contributed by atoms with van der Waals surface area (Å²) in [5.41, 5.74) is 2.65. The van der Waals surface area contributed by atoms with Gasteiger partial charge in [0.25, 0.3) is 5.91 Å². The Bertz CT molecular complexity index is 886. The van der Waals surface area contributed by atoms with Gasteiger partial charge in [-0.25, -0.2) is 0 Å². The van der Waals surface area contributed by atoms with Crippen molar-refractivity contribution in [2.75, 3.05) is 17.2 Å². The van der Waals surface area contributed by atoms with Gasteiger partial charge in [0.2, 0.25) is 0 Å². The second kappa shape index (κ2) is 8.74. The number of nitrogens with one attached hydrogen (secondary N) is 2. The molecule has 0 heterocycles. The van der Waals surface area contributed by atoms with Crippen molar-refractivity contribution in [3.05, 3.63) is 82.3 Å². The van der Waals surface area contributed by atoms with Gasteiger partial charge in [0.05, 0.1) is 4.47 Å². The van der Waals surface area contributed by atoms with E-state index < -0.39 is 0 Å². The fraction of sp³-hybridized carbons (Fsp3) is 0.0500. The first-order valence-electron chi connectivity index (χ1n) is 7.90. The van der Waals surface area contributed by atoms with Crippen molar-refractivity contribution in [1.29, 1.82) is 0 Å². The van der Waals surface area contributed by atoms with E-state index >= 15 is 0 Å². The molecule has 3 rings (SSSR count). The lowest BCUT2D eigenvalue weighted by Crippen LogP contribution is -2.20. The molecule has 0 fully saturated rings. The van der Waals surface area contributed by atoms with Gasteiger partial charge in [0.15, 0.2) is 6.61 Å². The molecule has 2 N–H and O–H groups in total. The lowest BCUT2D eigenvalue weighted by molar-refractivity contribution is -0.118. The molecule has 132 valence electrons. The molecule has 0 aliphatic rings. The van der Waals surface area contributed by atoms with Crippen LogP contribution in [0.1, 0.15) is 0 Å². The number of hydrogen-bond acceptors (Lipinski definition) is 3. The van der Waals surface area contributed by atoms with E-state index in [1.165, 1.54) is 0 Å². The van der Waals surface area contributed by atoms with Crippen LogP contribution >= 0.6 is 27.5 Å². The minimum Gasteiger partial charge on any atom is -0.483 e. The zero-order chi connectivity index (χ0) is 18.4. The first-order chi connectivity index (χ1) is 12.6. The number of carbonyl (C=O) groups is 1. The van der Waals surface area contributed by atoms with E-state index in [0.29, 0.717) is 20.9 Å². The van der Waals surface area contributed by atoms with Gasteiger partial charge in [-0.1, -0.05) is 29.8 Å². The standard InChI is InChI=1S/C20H16BrClN2O2/c21-18-12-14(22)6-11-19(18)26-13-20(25)24-17-9-7-16(8-10-17)23-15-4-2-1-3-5-15/h1-12,23H,13H2,(H,24,25). The summed E-state index contributed by atoms with van der Waals surface area (Å²) in [7, 11) is 0. The lowest BCUT2D eigenvalue weighted by Gasteiger charge is -2.10. The Morgan fingerprint density at radius 2 is 1.58 bits per heavy atom. The minimum atomic E-state index is -0.240. The van der Waals surface area contributed by atoms with Crippen LogP contribution in [0.4, 0.5) is 17.1 Å². The molecule has 0 aromatic heterocycles. The van der Waals surface area contributed by atoms with Crippen molar-refractivity contribution in [3.8, 4) is 5.75 Å². The topological polar surface area (TPSA) is 50.4 Å². The number of para-hydroxylation sites is 1. The maximum absolute atomic E-state index is 12.0. The molecule has 3 aromatic rings. The van der Waals surface area contributed by atoms with Crippen LogP contribution in [0.25, 0.3) is 0 Å². The summed E-state index contributed by atoms with van der Waals surface area (Å²) in [6, 6.07) is 22.5. The molecule has 0 spiro atoms. The van der Waals surface area contributed by atoms with E-state index in [2.05, 4.69) is 26.6 Å². The summed E-state index contributed by atoms with van der Waals surface area (Å²) in [6.45, 7) is -0.0930. The Morgan fingerprint density at radius 3 is 2.27 bits per heavy atom. The summed E-state index contributed by atoms with van der Waals surface area (Å²) in [5, 5.41) is 6.68. The van der Waals surface area contributed by atoms with Crippen LogP contribution in [-0.2, 0) is 4.79 Å². The first kappa shape index (κ1) is 18.3. The molecule has 0 radical (unpaired) electrons. The fourth-order valence-electron chi connectivity index (χ4n) is 2.26. The van der Waals surface area contributed by atoms with Crippen LogP contribution in [-0.4, -0.2) is 12.5 Å². The minimum absolute atomic E-state index is 0.0930. The van der Waals surface area contributed by atoms with Gasteiger partial charge < -0.3 is 15.4 Å². The number of carbonyl (C=O) groups excluding carboxylic acids is 1. The second-order valence-electron chi connectivity index (χ2n) is 5.48. The Morgan fingerprint density at radius 1 is 0.923 bits per heavy atom. The first-order valence-corrected chi connectivity index (χ1v) is 9.07. The third-order valence-corrected chi connectivity index (χ3v) is 4.34. The highest BCUT2D eigenvalue weighted by Crippen LogP contribution is 2.28. The molecule has 0 aliphatic heterocycles.